The maximum absolute atomic E-state index is 13.6. The van der Waals surface area contributed by atoms with Gasteiger partial charge in [-0.2, -0.15) is 0 Å². The minimum Gasteiger partial charge on any atom is -0.489 e. The number of ether oxygens (including phenoxy) is 1. The molecule has 0 radical (unpaired) electrons. The fourth-order valence-electron chi connectivity index (χ4n) is 2.37. The molecule has 27 heavy (non-hydrogen) atoms. The first-order valence-corrected chi connectivity index (χ1v) is 9.24. The molecule has 0 fully saturated rings. The number of benzene rings is 2. The molecule has 1 amide bonds. The molecule has 0 aliphatic rings. The summed E-state index contributed by atoms with van der Waals surface area (Å²) in [6.07, 6.45) is 0. The lowest BCUT2D eigenvalue weighted by Crippen LogP contribution is -2.30. The molecule has 0 saturated carbocycles. The molecule has 0 aliphatic carbocycles. The summed E-state index contributed by atoms with van der Waals surface area (Å²) in [6, 6.07) is 10.7. The van der Waals surface area contributed by atoms with Gasteiger partial charge in [0.15, 0.2) is 0 Å². The average molecular weight is 388 g/mol. The van der Waals surface area contributed by atoms with Gasteiger partial charge in [-0.05, 0) is 50.2 Å². The quantitative estimate of drug-likeness (QED) is 0.660. The van der Waals surface area contributed by atoms with Crippen molar-refractivity contribution in [1.82, 2.24) is 10.3 Å². The van der Waals surface area contributed by atoms with Crippen molar-refractivity contribution in [2.75, 3.05) is 0 Å². The molecule has 4 nitrogen and oxygen atoms in total. The minimum atomic E-state index is -0.637. The third-order valence-electron chi connectivity index (χ3n) is 3.70. The van der Waals surface area contributed by atoms with Crippen LogP contribution in [0.3, 0.4) is 0 Å². The number of hydrogen-bond acceptors (Lipinski definition) is 4. The molecule has 3 aromatic rings. The molecule has 3 rings (SSSR count). The Labute approximate surface area is 159 Å². The van der Waals surface area contributed by atoms with Crippen LogP contribution in [0.4, 0.5) is 8.78 Å². The van der Waals surface area contributed by atoms with E-state index in [2.05, 4.69) is 10.3 Å². The van der Waals surface area contributed by atoms with Crippen molar-refractivity contribution in [3.05, 3.63) is 70.7 Å². The molecular weight excluding hydrogens is 370 g/mol. The largest absolute Gasteiger partial charge is 0.489 e. The number of halogens is 2. The van der Waals surface area contributed by atoms with Gasteiger partial charge in [0.05, 0.1) is 5.56 Å². The lowest BCUT2D eigenvalue weighted by atomic mass is 10.2. The van der Waals surface area contributed by atoms with Crippen molar-refractivity contribution in [3.8, 4) is 16.3 Å². The van der Waals surface area contributed by atoms with Gasteiger partial charge in [0.25, 0.3) is 5.91 Å². The Morgan fingerprint density at radius 2 is 1.81 bits per heavy atom. The number of carbonyl (C=O) groups excluding carboxylic acids is 1. The topological polar surface area (TPSA) is 51.2 Å². The van der Waals surface area contributed by atoms with Crippen LogP contribution in [-0.4, -0.2) is 16.9 Å². The summed E-state index contributed by atoms with van der Waals surface area (Å²) in [5, 5.41) is 5.21. The van der Waals surface area contributed by atoms with Gasteiger partial charge in [0, 0.05) is 17.0 Å². The fraction of sp³-hybridized carbons (Fsp3) is 0.200. The van der Waals surface area contributed by atoms with Gasteiger partial charge in [-0.15, -0.1) is 11.3 Å². The molecule has 7 heteroatoms. The zero-order chi connectivity index (χ0) is 19.4. The van der Waals surface area contributed by atoms with Crippen molar-refractivity contribution in [2.45, 2.75) is 26.5 Å². The summed E-state index contributed by atoms with van der Waals surface area (Å²) in [7, 11) is 0. The summed E-state index contributed by atoms with van der Waals surface area (Å²) >= 11 is 1.37. The lowest BCUT2D eigenvalue weighted by Gasteiger charge is -2.08. The predicted molar refractivity (Wildman–Crippen MR) is 101 cm³/mol. The van der Waals surface area contributed by atoms with E-state index in [1.807, 2.05) is 13.8 Å². The first-order valence-electron chi connectivity index (χ1n) is 8.36. The number of rotatable bonds is 6. The second-order valence-electron chi connectivity index (χ2n) is 6.18. The van der Waals surface area contributed by atoms with Crippen molar-refractivity contribution >= 4 is 17.2 Å². The number of carbonyl (C=O) groups is 1. The average Bonchev–Trinajstić information content (AvgIpc) is 3.11. The van der Waals surface area contributed by atoms with Gasteiger partial charge >= 0.3 is 0 Å². The molecule has 140 valence electrons. The highest BCUT2D eigenvalue weighted by atomic mass is 32.1. The van der Waals surface area contributed by atoms with Crippen LogP contribution in [-0.2, 0) is 6.61 Å². The summed E-state index contributed by atoms with van der Waals surface area (Å²) in [6.45, 7) is 3.57. The zero-order valence-corrected chi connectivity index (χ0v) is 15.6. The van der Waals surface area contributed by atoms with Crippen LogP contribution < -0.4 is 10.1 Å². The Kier molecular flexibility index (Phi) is 5.81. The molecule has 1 aromatic heterocycles. The standard InChI is InChI=1S/C20H18F2N2O2S/c1-12(2)23-19(25)18-11-27-20(24-18)13-6-8-14(9-7-13)26-10-15-16(21)4-3-5-17(15)22/h3-9,11-12H,10H2,1-2H3,(H,23,25). The SMILES string of the molecule is CC(C)NC(=O)c1csc(-c2ccc(OCc3c(F)cccc3F)cc2)n1. The maximum atomic E-state index is 13.6. The van der Waals surface area contributed by atoms with Gasteiger partial charge < -0.3 is 10.1 Å². The first-order chi connectivity index (χ1) is 12.9. The number of nitrogens with one attached hydrogen (secondary N) is 1. The van der Waals surface area contributed by atoms with Crippen LogP contribution in [0.1, 0.15) is 29.9 Å². The van der Waals surface area contributed by atoms with Gasteiger partial charge in [-0.1, -0.05) is 6.07 Å². The smallest absolute Gasteiger partial charge is 0.270 e. The lowest BCUT2D eigenvalue weighted by molar-refractivity contribution is 0.0939. The van der Waals surface area contributed by atoms with Crippen LogP contribution in [0.15, 0.2) is 47.8 Å². The van der Waals surface area contributed by atoms with Crippen LogP contribution in [0.2, 0.25) is 0 Å². The molecular formula is C20H18F2N2O2S. The van der Waals surface area contributed by atoms with E-state index in [4.69, 9.17) is 4.74 Å². The van der Waals surface area contributed by atoms with E-state index in [1.165, 1.54) is 29.5 Å². The monoisotopic (exact) mass is 388 g/mol. The highest BCUT2D eigenvalue weighted by molar-refractivity contribution is 7.13. The highest BCUT2D eigenvalue weighted by Crippen LogP contribution is 2.26. The number of hydrogen-bond donors (Lipinski definition) is 1. The first kappa shape index (κ1) is 19.0. The van der Waals surface area contributed by atoms with Crippen molar-refractivity contribution in [1.29, 1.82) is 0 Å². The maximum Gasteiger partial charge on any atom is 0.270 e. The number of nitrogens with zero attached hydrogens (tertiary/aromatic N) is 1. The van der Waals surface area contributed by atoms with Gasteiger partial charge in [0.1, 0.15) is 34.7 Å². The normalized spacial score (nSPS) is 10.9. The number of aromatic nitrogens is 1. The molecule has 0 saturated heterocycles. The number of amides is 1. The predicted octanol–water partition coefficient (Wildman–Crippen LogP) is 4.81. The molecule has 0 bridgehead atoms. The number of thiazole rings is 1. The van der Waals surface area contributed by atoms with Crippen LogP contribution in [0.5, 0.6) is 5.75 Å². The van der Waals surface area contributed by atoms with Crippen LogP contribution >= 0.6 is 11.3 Å². The van der Waals surface area contributed by atoms with Crippen molar-refractivity contribution in [2.24, 2.45) is 0 Å². The Morgan fingerprint density at radius 1 is 1.15 bits per heavy atom. The Morgan fingerprint density at radius 3 is 2.44 bits per heavy atom. The Hall–Kier alpha value is -2.80. The minimum absolute atomic E-state index is 0.0402. The third-order valence-corrected chi connectivity index (χ3v) is 4.59. The van der Waals surface area contributed by atoms with Crippen molar-refractivity contribution < 1.29 is 18.3 Å². The van der Waals surface area contributed by atoms with E-state index in [9.17, 15) is 13.6 Å². The third kappa shape index (κ3) is 4.68. The van der Waals surface area contributed by atoms with Crippen molar-refractivity contribution in [3.63, 3.8) is 0 Å². The van der Waals surface area contributed by atoms with E-state index < -0.39 is 11.6 Å². The van der Waals surface area contributed by atoms with E-state index in [0.29, 0.717) is 16.5 Å². The van der Waals surface area contributed by atoms with E-state index >= 15 is 0 Å². The van der Waals surface area contributed by atoms with Crippen LogP contribution in [0, 0.1) is 11.6 Å². The Balaban J connectivity index is 1.67. The fourth-order valence-corrected chi connectivity index (χ4v) is 3.17. The van der Waals surface area contributed by atoms with E-state index in [1.54, 1.807) is 29.6 Å². The summed E-state index contributed by atoms with van der Waals surface area (Å²) in [5.41, 5.74) is 1.09. The second-order valence-corrected chi connectivity index (χ2v) is 7.04. The molecule has 1 heterocycles. The second kappa shape index (κ2) is 8.26. The molecule has 0 aliphatic heterocycles. The van der Waals surface area contributed by atoms with Gasteiger partial charge in [0.2, 0.25) is 0 Å². The molecule has 0 atom stereocenters. The summed E-state index contributed by atoms with van der Waals surface area (Å²) < 4.78 is 32.7. The van der Waals surface area contributed by atoms with Crippen LogP contribution in [0.25, 0.3) is 10.6 Å². The summed E-state index contributed by atoms with van der Waals surface area (Å²) in [4.78, 5) is 16.3. The molecule has 2 aromatic carbocycles. The highest BCUT2D eigenvalue weighted by Gasteiger charge is 2.13. The molecule has 0 spiro atoms. The zero-order valence-electron chi connectivity index (χ0n) is 14.8. The van der Waals surface area contributed by atoms with Gasteiger partial charge in [-0.3, -0.25) is 4.79 Å². The summed E-state index contributed by atoms with van der Waals surface area (Å²) in [5.74, 6) is -1.00. The molecule has 1 N–H and O–H groups in total. The van der Waals surface area contributed by atoms with Gasteiger partial charge in [-0.25, -0.2) is 13.8 Å². The molecule has 0 unspecified atom stereocenters. The Bertz CT molecular complexity index is 919. The van der Waals surface area contributed by atoms with E-state index in [0.717, 1.165) is 5.56 Å². The van der Waals surface area contributed by atoms with E-state index in [-0.39, 0.29) is 24.1 Å².